The van der Waals surface area contributed by atoms with Crippen LogP contribution in [-0.4, -0.2) is 45.6 Å². The molecule has 0 radical (unpaired) electrons. The summed E-state index contributed by atoms with van der Waals surface area (Å²) in [7, 11) is -3.50. The van der Waals surface area contributed by atoms with Crippen molar-refractivity contribution < 1.29 is 17.9 Å². The van der Waals surface area contributed by atoms with Gasteiger partial charge in [-0.15, -0.1) is 0 Å². The smallest absolute Gasteiger partial charge is 0.301 e. The van der Waals surface area contributed by atoms with Crippen LogP contribution in [0.4, 0.5) is 5.69 Å². The van der Waals surface area contributed by atoms with E-state index in [1.165, 1.54) is 4.31 Å². The van der Waals surface area contributed by atoms with E-state index in [0.717, 1.165) is 5.75 Å². The Labute approximate surface area is 113 Å². The van der Waals surface area contributed by atoms with Crippen LogP contribution in [0.2, 0.25) is 0 Å². The SMILES string of the molecule is CCOc1ccc(NS(=O)(=O)N2CCOCC2)cc1. The summed E-state index contributed by atoms with van der Waals surface area (Å²) in [6.45, 7) is 4.11. The average molecular weight is 286 g/mol. The second-order valence-electron chi connectivity index (χ2n) is 4.08. The molecule has 1 saturated heterocycles. The Bertz CT molecular complexity index is 495. The second kappa shape index (κ2) is 6.23. The predicted molar refractivity (Wildman–Crippen MR) is 72.5 cm³/mol. The van der Waals surface area contributed by atoms with E-state index in [4.69, 9.17) is 9.47 Å². The van der Waals surface area contributed by atoms with E-state index in [0.29, 0.717) is 38.6 Å². The minimum atomic E-state index is -3.50. The van der Waals surface area contributed by atoms with E-state index in [1.807, 2.05) is 6.92 Å². The van der Waals surface area contributed by atoms with Gasteiger partial charge < -0.3 is 9.47 Å². The number of hydrogen-bond donors (Lipinski definition) is 1. The van der Waals surface area contributed by atoms with Crippen molar-refractivity contribution in [3.05, 3.63) is 24.3 Å². The Morgan fingerprint density at radius 2 is 1.89 bits per heavy atom. The van der Waals surface area contributed by atoms with E-state index in [9.17, 15) is 8.42 Å². The summed E-state index contributed by atoms with van der Waals surface area (Å²) in [5.41, 5.74) is 0.523. The lowest BCUT2D eigenvalue weighted by atomic mass is 10.3. The summed E-state index contributed by atoms with van der Waals surface area (Å²) in [6.07, 6.45) is 0. The first-order valence-corrected chi connectivity index (χ1v) is 7.64. The third-order valence-electron chi connectivity index (χ3n) is 2.72. The molecule has 6 nitrogen and oxygen atoms in total. The minimum Gasteiger partial charge on any atom is -0.494 e. The molecule has 1 aliphatic rings. The Hall–Kier alpha value is -1.31. The number of ether oxygens (including phenoxy) is 2. The maximum absolute atomic E-state index is 12.1. The molecule has 1 heterocycles. The highest BCUT2D eigenvalue weighted by molar-refractivity contribution is 7.90. The maximum Gasteiger partial charge on any atom is 0.301 e. The zero-order valence-electron chi connectivity index (χ0n) is 10.8. The molecule has 1 fully saturated rings. The maximum atomic E-state index is 12.1. The van der Waals surface area contributed by atoms with E-state index < -0.39 is 10.2 Å². The number of hydrogen-bond acceptors (Lipinski definition) is 4. The summed E-state index contributed by atoms with van der Waals surface area (Å²) < 4.78 is 38.6. The molecular weight excluding hydrogens is 268 g/mol. The van der Waals surface area contributed by atoms with Crippen molar-refractivity contribution in [2.75, 3.05) is 37.6 Å². The van der Waals surface area contributed by atoms with Crippen molar-refractivity contribution >= 4 is 15.9 Å². The van der Waals surface area contributed by atoms with Crippen LogP contribution in [0.15, 0.2) is 24.3 Å². The predicted octanol–water partition coefficient (Wildman–Crippen LogP) is 1.07. The van der Waals surface area contributed by atoms with Gasteiger partial charge >= 0.3 is 10.2 Å². The topological polar surface area (TPSA) is 67.9 Å². The van der Waals surface area contributed by atoms with E-state index in [2.05, 4.69) is 4.72 Å². The standard InChI is InChI=1S/C12H18N2O4S/c1-2-18-12-5-3-11(4-6-12)13-19(15,16)14-7-9-17-10-8-14/h3-6,13H,2,7-10H2,1H3. The fourth-order valence-electron chi connectivity index (χ4n) is 1.79. The number of morpholine rings is 1. The van der Waals surface area contributed by atoms with Crippen LogP contribution in [-0.2, 0) is 14.9 Å². The van der Waals surface area contributed by atoms with Gasteiger partial charge in [0.05, 0.1) is 25.5 Å². The molecule has 0 unspecified atom stereocenters. The van der Waals surface area contributed by atoms with Gasteiger partial charge in [0.2, 0.25) is 0 Å². The molecule has 19 heavy (non-hydrogen) atoms. The second-order valence-corrected chi connectivity index (χ2v) is 5.75. The molecule has 0 aliphatic carbocycles. The number of nitrogens with one attached hydrogen (secondary N) is 1. The summed E-state index contributed by atoms with van der Waals surface area (Å²) >= 11 is 0. The summed E-state index contributed by atoms with van der Waals surface area (Å²) in [5.74, 6) is 0.719. The van der Waals surface area contributed by atoms with Crippen LogP contribution in [0.1, 0.15) is 6.92 Å². The van der Waals surface area contributed by atoms with Gasteiger partial charge in [0.1, 0.15) is 5.75 Å². The first-order chi connectivity index (χ1) is 9.12. The van der Waals surface area contributed by atoms with Gasteiger partial charge in [-0.2, -0.15) is 12.7 Å². The lowest BCUT2D eigenvalue weighted by Gasteiger charge is -2.26. The summed E-state index contributed by atoms with van der Waals surface area (Å²) in [4.78, 5) is 0. The first-order valence-electron chi connectivity index (χ1n) is 6.20. The van der Waals surface area contributed by atoms with Gasteiger partial charge in [-0.25, -0.2) is 0 Å². The molecule has 0 bridgehead atoms. The Balaban J connectivity index is 2.02. The molecule has 0 saturated carbocycles. The van der Waals surface area contributed by atoms with Crippen molar-refractivity contribution in [1.82, 2.24) is 4.31 Å². The third-order valence-corrected chi connectivity index (χ3v) is 4.26. The molecule has 0 spiro atoms. The first kappa shape index (κ1) is 14.1. The minimum absolute atomic E-state index is 0.381. The van der Waals surface area contributed by atoms with Crippen molar-refractivity contribution in [2.24, 2.45) is 0 Å². The monoisotopic (exact) mass is 286 g/mol. The average Bonchev–Trinajstić information content (AvgIpc) is 2.42. The summed E-state index contributed by atoms with van der Waals surface area (Å²) in [6, 6.07) is 6.84. The molecule has 106 valence electrons. The van der Waals surface area contributed by atoms with Crippen molar-refractivity contribution in [2.45, 2.75) is 6.92 Å². The van der Waals surface area contributed by atoms with Gasteiger partial charge in [0.25, 0.3) is 0 Å². The van der Waals surface area contributed by atoms with Gasteiger partial charge in [-0.3, -0.25) is 4.72 Å². The Morgan fingerprint density at radius 1 is 1.26 bits per heavy atom. The highest BCUT2D eigenvalue weighted by Gasteiger charge is 2.23. The molecule has 0 aromatic heterocycles. The number of benzene rings is 1. The van der Waals surface area contributed by atoms with E-state index in [1.54, 1.807) is 24.3 Å². The Kier molecular flexibility index (Phi) is 4.62. The van der Waals surface area contributed by atoms with Crippen molar-refractivity contribution in [3.8, 4) is 5.75 Å². The van der Waals surface area contributed by atoms with Crippen LogP contribution in [0, 0.1) is 0 Å². The van der Waals surface area contributed by atoms with Crippen molar-refractivity contribution in [3.63, 3.8) is 0 Å². The Morgan fingerprint density at radius 3 is 2.47 bits per heavy atom. The van der Waals surface area contributed by atoms with Crippen molar-refractivity contribution in [1.29, 1.82) is 0 Å². The van der Waals surface area contributed by atoms with Crippen LogP contribution >= 0.6 is 0 Å². The normalized spacial score (nSPS) is 17.1. The van der Waals surface area contributed by atoms with Crippen LogP contribution in [0.25, 0.3) is 0 Å². The third kappa shape index (κ3) is 3.82. The largest absolute Gasteiger partial charge is 0.494 e. The fourth-order valence-corrected chi connectivity index (χ4v) is 2.98. The number of rotatable bonds is 5. The lowest BCUT2D eigenvalue weighted by Crippen LogP contribution is -2.43. The fraction of sp³-hybridized carbons (Fsp3) is 0.500. The van der Waals surface area contributed by atoms with Gasteiger partial charge in [0, 0.05) is 13.1 Å². The highest BCUT2D eigenvalue weighted by atomic mass is 32.2. The molecular formula is C12H18N2O4S. The van der Waals surface area contributed by atoms with E-state index >= 15 is 0 Å². The van der Waals surface area contributed by atoms with Crippen LogP contribution in [0.3, 0.4) is 0 Å². The lowest BCUT2D eigenvalue weighted by molar-refractivity contribution is 0.0733. The molecule has 0 atom stereocenters. The zero-order chi connectivity index (χ0) is 13.7. The van der Waals surface area contributed by atoms with E-state index in [-0.39, 0.29) is 0 Å². The van der Waals surface area contributed by atoms with Gasteiger partial charge in [-0.05, 0) is 31.2 Å². The number of nitrogens with zero attached hydrogens (tertiary/aromatic N) is 1. The number of anilines is 1. The molecule has 7 heteroatoms. The molecule has 1 N–H and O–H groups in total. The van der Waals surface area contributed by atoms with Crippen LogP contribution in [0.5, 0.6) is 5.75 Å². The summed E-state index contributed by atoms with van der Waals surface area (Å²) in [5, 5.41) is 0. The van der Waals surface area contributed by atoms with Crippen LogP contribution < -0.4 is 9.46 Å². The highest BCUT2D eigenvalue weighted by Crippen LogP contribution is 2.18. The quantitative estimate of drug-likeness (QED) is 0.879. The molecule has 1 aromatic rings. The molecule has 1 aromatic carbocycles. The molecule has 1 aliphatic heterocycles. The van der Waals surface area contributed by atoms with Gasteiger partial charge in [-0.1, -0.05) is 0 Å². The zero-order valence-corrected chi connectivity index (χ0v) is 11.6. The van der Waals surface area contributed by atoms with Gasteiger partial charge in [0.15, 0.2) is 0 Å². The molecule has 0 amide bonds. The molecule has 2 rings (SSSR count).